The second kappa shape index (κ2) is 6.80. The highest BCUT2D eigenvalue weighted by molar-refractivity contribution is 6.34. The Morgan fingerprint density at radius 1 is 1.21 bits per heavy atom. The molecule has 0 fully saturated rings. The Labute approximate surface area is 79.9 Å². The van der Waals surface area contributed by atoms with Crippen LogP contribution in [0.1, 0.15) is 0 Å². The molecule has 0 bridgehead atoms. The first-order chi connectivity index (χ1) is 6.57. The second-order valence-corrected chi connectivity index (χ2v) is 2.25. The summed E-state index contributed by atoms with van der Waals surface area (Å²) >= 11 is 0. The van der Waals surface area contributed by atoms with Gasteiger partial charge in [-0.3, -0.25) is 19.8 Å². The van der Waals surface area contributed by atoms with E-state index in [1.807, 2.05) is 0 Å². The molecule has 6 N–H and O–H groups in total. The van der Waals surface area contributed by atoms with Crippen LogP contribution in [0.2, 0.25) is 0 Å². The molecule has 0 heterocycles. The predicted octanol–water partition coefficient (Wildman–Crippen LogP) is -3.41. The van der Waals surface area contributed by atoms with Crippen molar-refractivity contribution < 1.29 is 19.1 Å². The first kappa shape index (κ1) is 12.3. The van der Waals surface area contributed by atoms with E-state index in [4.69, 9.17) is 16.3 Å². The minimum Gasteiger partial charge on any atom is -0.370 e. The Bertz CT molecular complexity index is 230. The van der Waals surface area contributed by atoms with Crippen molar-refractivity contribution in [3.63, 3.8) is 0 Å². The summed E-state index contributed by atoms with van der Waals surface area (Å²) in [5.74, 6) is 2.28. The molecule has 0 spiro atoms. The molecule has 14 heavy (non-hydrogen) atoms. The maximum atomic E-state index is 10.7. The number of hydrazine groups is 1. The molecule has 0 aromatic rings. The Kier molecular flexibility index (Phi) is 5.99. The monoisotopic (exact) mass is 204 g/mol. The Hall–Kier alpha value is -1.67. The van der Waals surface area contributed by atoms with Crippen molar-refractivity contribution in [1.82, 2.24) is 10.7 Å². The molecular weight excluding hydrogens is 192 g/mol. The molecule has 0 unspecified atom stereocenters. The van der Waals surface area contributed by atoms with E-state index in [0.717, 1.165) is 0 Å². The van der Waals surface area contributed by atoms with Crippen molar-refractivity contribution in [2.45, 2.75) is 0 Å². The number of carbonyl (C=O) groups excluding carboxylic acids is 3. The second-order valence-electron chi connectivity index (χ2n) is 2.25. The molecule has 0 aliphatic rings. The first-order valence-corrected chi connectivity index (χ1v) is 3.72. The molecule has 0 aromatic heterocycles. The molecule has 8 nitrogen and oxygen atoms in total. The molecule has 80 valence electrons. The van der Waals surface area contributed by atoms with E-state index in [1.165, 1.54) is 0 Å². The molecule has 0 aromatic carbocycles. The lowest BCUT2D eigenvalue weighted by molar-refractivity contribution is -0.139. The number of primary amides is 1. The van der Waals surface area contributed by atoms with Gasteiger partial charge >= 0.3 is 11.8 Å². The van der Waals surface area contributed by atoms with E-state index >= 15 is 0 Å². The van der Waals surface area contributed by atoms with Gasteiger partial charge in [-0.2, -0.15) is 0 Å². The Balaban J connectivity index is 3.41. The summed E-state index contributed by atoms with van der Waals surface area (Å²) in [4.78, 5) is 31.4. The van der Waals surface area contributed by atoms with Crippen LogP contribution in [-0.4, -0.2) is 37.5 Å². The summed E-state index contributed by atoms with van der Waals surface area (Å²) in [7, 11) is 0. The number of rotatable bonds is 5. The third kappa shape index (κ3) is 5.91. The third-order valence-corrected chi connectivity index (χ3v) is 1.11. The van der Waals surface area contributed by atoms with Gasteiger partial charge in [-0.1, -0.05) is 0 Å². The van der Waals surface area contributed by atoms with Crippen molar-refractivity contribution >= 4 is 17.7 Å². The van der Waals surface area contributed by atoms with Gasteiger partial charge in [0.25, 0.3) is 0 Å². The van der Waals surface area contributed by atoms with Crippen LogP contribution >= 0.6 is 0 Å². The molecule has 0 saturated heterocycles. The average Bonchev–Trinajstić information content (AvgIpc) is 2.15. The van der Waals surface area contributed by atoms with Gasteiger partial charge in [0.1, 0.15) is 6.61 Å². The number of nitrogens with one attached hydrogen (secondary N) is 2. The van der Waals surface area contributed by atoms with Crippen LogP contribution < -0.4 is 22.3 Å². The normalized spacial score (nSPS) is 9.21. The lowest BCUT2D eigenvalue weighted by Gasteiger charge is -2.03. The van der Waals surface area contributed by atoms with Gasteiger partial charge in [-0.25, -0.2) is 5.84 Å². The van der Waals surface area contributed by atoms with Gasteiger partial charge in [0.2, 0.25) is 5.91 Å². The van der Waals surface area contributed by atoms with E-state index in [-0.39, 0.29) is 19.8 Å². The summed E-state index contributed by atoms with van der Waals surface area (Å²) in [6.45, 7) is -0.0367. The summed E-state index contributed by atoms with van der Waals surface area (Å²) in [5.41, 5.74) is 6.43. The Morgan fingerprint density at radius 3 is 2.36 bits per heavy atom. The number of carbonyl (C=O) groups is 3. The van der Waals surface area contributed by atoms with E-state index in [2.05, 4.69) is 5.32 Å². The standard InChI is InChI=1S/C6H12N4O4/c7-4(11)3-14-2-1-9-5(12)6(13)10-8/h1-3,8H2,(H2,7,11)(H,9,12)(H,10,13). The molecular formula is C6H12N4O4. The number of hydrogen-bond acceptors (Lipinski definition) is 5. The highest BCUT2D eigenvalue weighted by Gasteiger charge is 2.09. The van der Waals surface area contributed by atoms with Crippen LogP contribution in [0.5, 0.6) is 0 Å². The lowest BCUT2D eigenvalue weighted by Crippen LogP contribution is -2.44. The van der Waals surface area contributed by atoms with E-state index < -0.39 is 17.7 Å². The highest BCUT2D eigenvalue weighted by Crippen LogP contribution is 1.72. The molecule has 0 aliphatic carbocycles. The molecule has 0 atom stereocenters. The third-order valence-electron chi connectivity index (χ3n) is 1.11. The van der Waals surface area contributed by atoms with Crippen molar-refractivity contribution in [3.05, 3.63) is 0 Å². The first-order valence-electron chi connectivity index (χ1n) is 3.72. The van der Waals surface area contributed by atoms with Crippen molar-refractivity contribution in [3.8, 4) is 0 Å². The molecule has 0 radical (unpaired) electrons. The van der Waals surface area contributed by atoms with E-state index in [1.54, 1.807) is 5.43 Å². The topological polar surface area (TPSA) is 137 Å². The predicted molar refractivity (Wildman–Crippen MR) is 45.4 cm³/mol. The smallest absolute Gasteiger partial charge is 0.323 e. The zero-order chi connectivity index (χ0) is 11.0. The number of nitrogens with two attached hydrogens (primary N) is 2. The quantitative estimate of drug-likeness (QED) is 0.122. The summed E-state index contributed by atoms with van der Waals surface area (Å²) < 4.78 is 4.71. The van der Waals surface area contributed by atoms with Crippen molar-refractivity contribution in [2.24, 2.45) is 11.6 Å². The molecule has 0 rings (SSSR count). The van der Waals surface area contributed by atoms with Crippen LogP contribution in [0.4, 0.5) is 0 Å². The molecule has 0 aliphatic heterocycles. The van der Waals surface area contributed by atoms with Crippen LogP contribution in [-0.2, 0) is 19.1 Å². The Morgan fingerprint density at radius 2 is 1.86 bits per heavy atom. The van der Waals surface area contributed by atoms with Gasteiger partial charge < -0.3 is 15.8 Å². The van der Waals surface area contributed by atoms with Gasteiger partial charge in [-0.15, -0.1) is 0 Å². The van der Waals surface area contributed by atoms with Crippen LogP contribution in [0.25, 0.3) is 0 Å². The van der Waals surface area contributed by atoms with E-state index in [0.29, 0.717) is 0 Å². The van der Waals surface area contributed by atoms with Crippen molar-refractivity contribution in [2.75, 3.05) is 19.8 Å². The van der Waals surface area contributed by atoms with Gasteiger partial charge in [-0.05, 0) is 0 Å². The zero-order valence-corrected chi connectivity index (χ0v) is 7.41. The highest BCUT2D eigenvalue weighted by atomic mass is 16.5. The summed E-state index contributed by atoms with van der Waals surface area (Å²) in [5, 5.41) is 2.20. The SMILES string of the molecule is NNC(=O)C(=O)NCCOCC(N)=O. The molecule has 3 amide bonds. The number of amides is 3. The van der Waals surface area contributed by atoms with Crippen molar-refractivity contribution in [1.29, 1.82) is 0 Å². The maximum absolute atomic E-state index is 10.7. The van der Waals surface area contributed by atoms with E-state index in [9.17, 15) is 14.4 Å². The van der Waals surface area contributed by atoms with Crippen LogP contribution in [0.3, 0.4) is 0 Å². The summed E-state index contributed by atoms with van der Waals surface area (Å²) in [6, 6.07) is 0. The minimum atomic E-state index is -0.945. The minimum absolute atomic E-state index is 0.0898. The lowest BCUT2D eigenvalue weighted by atomic mass is 10.5. The fourth-order valence-corrected chi connectivity index (χ4v) is 0.555. The maximum Gasteiger partial charge on any atom is 0.323 e. The molecule has 0 saturated carbocycles. The zero-order valence-electron chi connectivity index (χ0n) is 7.41. The summed E-state index contributed by atoms with van der Waals surface area (Å²) in [6.07, 6.45) is 0. The number of ether oxygens (including phenoxy) is 1. The largest absolute Gasteiger partial charge is 0.370 e. The van der Waals surface area contributed by atoms with Crippen LogP contribution in [0, 0.1) is 0 Å². The van der Waals surface area contributed by atoms with Gasteiger partial charge in [0.15, 0.2) is 0 Å². The molecule has 8 heteroatoms. The fourth-order valence-electron chi connectivity index (χ4n) is 0.555. The fraction of sp³-hybridized carbons (Fsp3) is 0.500. The number of hydrogen-bond donors (Lipinski definition) is 4. The van der Waals surface area contributed by atoms with Gasteiger partial charge in [0, 0.05) is 6.54 Å². The van der Waals surface area contributed by atoms with Gasteiger partial charge in [0.05, 0.1) is 6.61 Å². The average molecular weight is 204 g/mol. The van der Waals surface area contributed by atoms with Crippen LogP contribution in [0.15, 0.2) is 0 Å².